The molecule has 0 bridgehead atoms. The van der Waals surface area contributed by atoms with E-state index in [1.54, 1.807) is 11.4 Å². The smallest absolute Gasteiger partial charge is 0.346 e. The van der Waals surface area contributed by atoms with Crippen molar-refractivity contribution in [1.29, 1.82) is 0 Å². The topological polar surface area (TPSA) is 75.5 Å². The van der Waals surface area contributed by atoms with Gasteiger partial charge in [-0.05, 0) is 7.05 Å². The molecule has 0 spiro atoms. The monoisotopic (exact) mass is 305 g/mol. The number of benzene rings is 1. The second-order valence-electron chi connectivity index (χ2n) is 4.45. The van der Waals surface area contributed by atoms with Gasteiger partial charge in [-0.3, -0.25) is 19.8 Å². The number of nitrogens with zero attached hydrogens (tertiary/aromatic N) is 2. The molecule has 0 saturated carbocycles. The maximum atomic E-state index is 11.9. The van der Waals surface area contributed by atoms with Crippen molar-refractivity contribution >= 4 is 11.6 Å². The van der Waals surface area contributed by atoms with Gasteiger partial charge in [0.2, 0.25) is 5.91 Å². The molecule has 1 N–H and O–H groups in total. The minimum absolute atomic E-state index is 0.0800. The fraction of sp³-hybridized carbons (Fsp3) is 0.417. The summed E-state index contributed by atoms with van der Waals surface area (Å²) in [4.78, 5) is 23.0. The van der Waals surface area contributed by atoms with Crippen LogP contribution in [0.15, 0.2) is 24.3 Å². The van der Waals surface area contributed by atoms with E-state index in [0.717, 1.165) is 0 Å². The lowest BCUT2D eigenvalue weighted by Crippen LogP contribution is -2.39. The quantitative estimate of drug-likeness (QED) is 0.641. The Morgan fingerprint density at radius 3 is 2.57 bits per heavy atom. The average molecular weight is 305 g/mol. The molecule has 0 aliphatic heterocycles. The second kappa shape index (κ2) is 7.02. The zero-order valence-corrected chi connectivity index (χ0v) is 11.2. The van der Waals surface area contributed by atoms with Gasteiger partial charge in [0.05, 0.1) is 11.5 Å². The molecular weight excluding hydrogens is 291 g/mol. The van der Waals surface area contributed by atoms with E-state index in [1.807, 2.05) is 0 Å². The summed E-state index contributed by atoms with van der Waals surface area (Å²) in [5, 5.41) is 12.6. The Morgan fingerprint density at radius 1 is 1.38 bits per heavy atom. The van der Waals surface area contributed by atoms with Crippen LogP contribution in [0.5, 0.6) is 0 Å². The van der Waals surface area contributed by atoms with Crippen molar-refractivity contribution in [1.82, 2.24) is 10.2 Å². The molecule has 0 atom stereocenters. The predicted octanol–water partition coefficient (Wildman–Crippen LogP) is 1.71. The van der Waals surface area contributed by atoms with Gasteiger partial charge in [-0.2, -0.15) is 13.2 Å². The summed E-state index contributed by atoms with van der Waals surface area (Å²) in [6.45, 7) is -1.61. The van der Waals surface area contributed by atoms with E-state index in [4.69, 9.17) is 0 Å². The molecular formula is C12H14F3N3O3. The van der Waals surface area contributed by atoms with Crippen LogP contribution in [0, 0.1) is 10.1 Å². The second-order valence-corrected chi connectivity index (χ2v) is 4.45. The molecule has 0 radical (unpaired) electrons. The standard InChI is InChI=1S/C12H14F3N3O3/c1-17(7-11(19)16-8-12(13,14)15)6-9-4-2-3-5-10(9)18(20)21/h2-5H,6-8H2,1H3,(H,16,19). The van der Waals surface area contributed by atoms with Crippen LogP contribution in [0.3, 0.4) is 0 Å². The SMILES string of the molecule is CN(CC(=O)NCC(F)(F)F)Cc1ccccc1[N+](=O)[O-]. The molecule has 0 saturated heterocycles. The molecule has 1 aromatic rings. The first-order valence-corrected chi connectivity index (χ1v) is 5.93. The number of nitro groups is 1. The van der Waals surface area contributed by atoms with Gasteiger partial charge in [-0.15, -0.1) is 0 Å². The van der Waals surface area contributed by atoms with Crippen LogP contribution in [0.25, 0.3) is 0 Å². The van der Waals surface area contributed by atoms with Crippen molar-refractivity contribution in [2.24, 2.45) is 0 Å². The number of halogens is 3. The predicted molar refractivity (Wildman–Crippen MR) is 68.5 cm³/mol. The van der Waals surface area contributed by atoms with Gasteiger partial charge in [-0.1, -0.05) is 18.2 Å². The lowest BCUT2D eigenvalue weighted by Gasteiger charge is -2.16. The number of likely N-dealkylation sites (N-methyl/N-ethyl adjacent to an activating group) is 1. The van der Waals surface area contributed by atoms with E-state index >= 15 is 0 Å². The Hall–Kier alpha value is -2.16. The van der Waals surface area contributed by atoms with Crippen LogP contribution < -0.4 is 5.32 Å². The summed E-state index contributed by atoms with van der Waals surface area (Å²) in [7, 11) is 1.49. The molecule has 116 valence electrons. The highest BCUT2D eigenvalue weighted by Crippen LogP contribution is 2.18. The van der Waals surface area contributed by atoms with Crippen molar-refractivity contribution in [3.8, 4) is 0 Å². The number of nitrogens with one attached hydrogen (secondary N) is 1. The zero-order valence-electron chi connectivity index (χ0n) is 11.2. The fourth-order valence-electron chi connectivity index (χ4n) is 1.67. The van der Waals surface area contributed by atoms with E-state index in [-0.39, 0.29) is 18.8 Å². The number of rotatable bonds is 6. The Bertz CT molecular complexity index is 520. The average Bonchev–Trinajstić information content (AvgIpc) is 2.35. The Labute approximate surface area is 118 Å². The third kappa shape index (κ3) is 6.21. The van der Waals surface area contributed by atoms with E-state index in [9.17, 15) is 28.1 Å². The number of carbonyl (C=O) groups excluding carboxylic acids is 1. The van der Waals surface area contributed by atoms with Gasteiger partial charge in [-0.25, -0.2) is 0 Å². The zero-order chi connectivity index (χ0) is 16.0. The highest BCUT2D eigenvalue weighted by atomic mass is 19.4. The molecule has 1 rings (SSSR count). The van der Waals surface area contributed by atoms with Crippen molar-refractivity contribution in [3.05, 3.63) is 39.9 Å². The summed E-state index contributed by atoms with van der Waals surface area (Å²) in [5.74, 6) is -0.798. The third-order valence-corrected chi connectivity index (χ3v) is 2.53. The molecule has 1 aromatic carbocycles. The van der Waals surface area contributed by atoms with Crippen molar-refractivity contribution in [2.45, 2.75) is 12.7 Å². The molecule has 0 aliphatic rings. The van der Waals surface area contributed by atoms with Crippen molar-refractivity contribution < 1.29 is 22.9 Å². The largest absolute Gasteiger partial charge is 0.405 e. The highest BCUT2D eigenvalue weighted by Gasteiger charge is 2.27. The van der Waals surface area contributed by atoms with Crippen LogP contribution in [-0.4, -0.2) is 42.0 Å². The molecule has 0 heterocycles. The first-order valence-electron chi connectivity index (χ1n) is 5.93. The summed E-state index contributed by atoms with van der Waals surface area (Å²) < 4.78 is 35.8. The number of nitro benzene ring substituents is 1. The van der Waals surface area contributed by atoms with E-state index in [0.29, 0.717) is 5.56 Å². The van der Waals surface area contributed by atoms with E-state index in [1.165, 1.54) is 30.1 Å². The van der Waals surface area contributed by atoms with Gasteiger partial charge in [0.25, 0.3) is 5.69 Å². The lowest BCUT2D eigenvalue weighted by atomic mass is 10.1. The van der Waals surface area contributed by atoms with Crippen LogP contribution in [-0.2, 0) is 11.3 Å². The molecule has 0 unspecified atom stereocenters. The van der Waals surface area contributed by atoms with E-state index < -0.39 is 23.6 Å². The van der Waals surface area contributed by atoms with Crippen LogP contribution in [0.4, 0.5) is 18.9 Å². The maximum absolute atomic E-state index is 11.9. The summed E-state index contributed by atoms with van der Waals surface area (Å²) >= 11 is 0. The molecule has 6 nitrogen and oxygen atoms in total. The van der Waals surface area contributed by atoms with Crippen LogP contribution in [0.2, 0.25) is 0 Å². The number of alkyl halides is 3. The number of hydrogen-bond acceptors (Lipinski definition) is 4. The number of carbonyl (C=O) groups is 1. The van der Waals surface area contributed by atoms with Gasteiger partial charge in [0.1, 0.15) is 6.54 Å². The molecule has 21 heavy (non-hydrogen) atoms. The third-order valence-electron chi connectivity index (χ3n) is 2.53. The molecule has 1 amide bonds. The Balaban J connectivity index is 2.56. The first-order chi connectivity index (χ1) is 9.69. The number of hydrogen-bond donors (Lipinski definition) is 1. The van der Waals surface area contributed by atoms with Gasteiger partial charge >= 0.3 is 6.18 Å². The Kier molecular flexibility index (Phi) is 5.65. The van der Waals surface area contributed by atoms with Crippen LogP contribution in [0.1, 0.15) is 5.56 Å². The summed E-state index contributed by atoms with van der Waals surface area (Å²) in [5.41, 5.74) is 0.286. The van der Waals surface area contributed by atoms with Gasteiger partial charge in [0.15, 0.2) is 0 Å². The normalized spacial score (nSPS) is 11.5. The Morgan fingerprint density at radius 2 is 2.00 bits per heavy atom. The van der Waals surface area contributed by atoms with Crippen molar-refractivity contribution in [2.75, 3.05) is 20.1 Å². The maximum Gasteiger partial charge on any atom is 0.405 e. The molecule has 0 aromatic heterocycles. The first kappa shape index (κ1) is 16.9. The highest BCUT2D eigenvalue weighted by molar-refractivity contribution is 5.78. The minimum Gasteiger partial charge on any atom is -0.346 e. The lowest BCUT2D eigenvalue weighted by molar-refractivity contribution is -0.385. The van der Waals surface area contributed by atoms with Gasteiger partial charge < -0.3 is 5.32 Å². The summed E-state index contributed by atoms with van der Waals surface area (Å²) in [6.07, 6.45) is -4.47. The van der Waals surface area contributed by atoms with Crippen LogP contribution >= 0.6 is 0 Å². The molecule has 0 aliphatic carbocycles. The molecule has 0 fully saturated rings. The number of amides is 1. The fourth-order valence-corrected chi connectivity index (χ4v) is 1.67. The summed E-state index contributed by atoms with van der Waals surface area (Å²) in [6, 6.07) is 5.98. The van der Waals surface area contributed by atoms with E-state index in [2.05, 4.69) is 0 Å². The van der Waals surface area contributed by atoms with Crippen molar-refractivity contribution in [3.63, 3.8) is 0 Å². The minimum atomic E-state index is -4.47. The molecule has 9 heteroatoms. The number of para-hydroxylation sites is 1. The van der Waals surface area contributed by atoms with Gasteiger partial charge in [0, 0.05) is 18.2 Å².